The number of halogens is 2. The number of carbonyl (C=O) groups is 1. The molecule has 0 aliphatic heterocycles. The van der Waals surface area contributed by atoms with Crippen LogP contribution >= 0.6 is 0 Å². The summed E-state index contributed by atoms with van der Waals surface area (Å²) in [4.78, 5) is 14.7. The van der Waals surface area contributed by atoms with Crippen LogP contribution in [-0.2, 0) is 16.0 Å². The van der Waals surface area contributed by atoms with E-state index in [1.165, 1.54) is 6.07 Å². The third kappa shape index (κ3) is 3.47. The van der Waals surface area contributed by atoms with Crippen LogP contribution in [-0.4, -0.2) is 17.6 Å². The van der Waals surface area contributed by atoms with Gasteiger partial charge in [-0.15, -0.1) is 0 Å². The van der Waals surface area contributed by atoms with Crippen molar-refractivity contribution < 1.29 is 18.3 Å². The first-order valence-electron chi connectivity index (χ1n) is 5.35. The Balaban J connectivity index is 2.86. The van der Waals surface area contributed by atoms with Gasteiger partial charge in [0, 0.05) is 5.56 Å². The first-order valence-corrected chi connectivity index (χ1v) is 5.35. The van der Waals surface area contributed by atoms with Gasteiger partial charge in [0.1, 0.15) is 0 Å². The van der Waals surface area contributed by atoms with E-state index in [4.69, 9.17) is 4.74 Å². The van der Waals surface area contributed by atoms with Crippen molar-refractivity contribution in [3.63, 3.8) is 0 Å². The molecule has 0 saturated heterocycles. The molecule has 0 fully saturated rings. The molecule has 0 N–H and O–H groups in total. The van der Waals surface area contributed by atoms with E-state index in [0.29, 0.717) is 0 Å². The molecule has 0 bridgehead atoms. The summed E-state index contributed by atoms with van der Waals surface area (Å²) in [5, 5.41) is 0. The predicted octanol–water partition coefficient (Wildman–Crippen LogP) is 2.49. The van der Waals surface area contributed by atoms with Gasteiger partial charge >= 0.3 is 5.97 Å². The number of esters is 1. The molecule has 0 amide bonds. The number of ether oxygens (including phenoxy) is 1. The molecule has 0 saturated carbocycles. The van der Waals surface area contributed by atoms with Gasteiger partial charge in [-0.05, 0) is 39.3 Å². The second-order valence-corrected chi connectivity index (χ2v) is 4.37. The second-order valence-electron chi connectivity index (χ2n) is 4.37. The summed E-state index contributed by atoms with van der Waals surface area (Å²) in [5.74, 6) is -2.17. The maximum absolute atomic E-state index is 13.3. The fourth-order valence-corrected chi connectivity index (χ4v) is 1.45. The van der Waals surface area contributed by atoms with E-state index in [1.54, 1.807) is 20.8 Å². The number of nitrogens with zero attached hydrogens (tertiary/aromatic N) is 1. The summed E-state index contributed by atoms with van der Waals surface area (Å²) in [6.07, 6.45) is 0.116. The molecule has 0 aliphatic rings. The average Bonchev–Trinajstić information content (AvgIpc) is 2.22. The Morgan fingerprint density at radius 3 is 2.59 bits per heavy atom. The maximum Gasteiger partial charge on any atom is 0.311 e. The fraction of sp³-hybridized carbons (Fsp3) is 0.500. The van der Waals surface area contributed by atoms with Gasteiger partial charge in [-0.25, -0.2) is 0 Å². The van der Waals surface area contributed by atoms with E-state index in [1.807, 2.05) is 0 Å². The van der Waals surface area contributed by atoms with Crippen molar-refractivity contribution in [1.82, 2.24) is 4.98 Å². The molecule has 1 aromatic heterocycles. The van der Waals surface area contributed by atoms with Crippen LogP contribution in [0.15, 0.2) is 12.1 Å². The zero-order valence-electron chi connectivity index (χ0n) is 10.1. The Bertz CT molecular complexity index is 419. The normalized spacial score (nSPS) is 11.4. The lowest BCUT2D eigenvalue weighted by Gasteiger charge is -2.22. The van der Waals surface area contributed by atoms with Gasteiger partial charge < -0.3 is 4.74 Å². The molecule has 1 rings (SSSR count). The molecule has 3 nitrogen and oxygen atoms in total. The van der Waals surface area contributed by atoms with Crippen LogP contribution in [0.1, 0.15) is 26.3 Å². The zero-order valence-corrected chi connectivity index (χ0v) is 10.1. The van der Waals surface area contributed by atoms with E-state index in [2.05, 4.69) is 4.98 Å². The predicted molar refractivity (Wildman–Crippen MR) is 58.3 cm³/mol. The second kappa shape index (κ2) is 5.21. The molecule has 0 atom stereocenters. The van der Waals surface area contributed by atoms with Gasteiger partial charge in [0.15, 0.2) is 0 Å². The number of aromatic nitrogens is 1. The van der Waals surface area contributed by atoms with Crippen molar-refractivity contribution in [2.24, 2.45) is 5.41 Å². The number of hydrogen-bond acceptors (Lipinski definition) is 3. The highest BCUT2D eigenvalue weighted by molar-refractivity contribution is 5.76. The van der Waals surface area contributed by atoms with Crippen LogP contribution in [0.3, 0.4) is 0 Å². The van der Waals surface area contributed by atoms with Crippen LogP contribution in [0.2, 0.25) is 0 Å². The van der Waals surface area contributed by atoms with Gasteiger partial charge in [0.25, 0.3) is 0 Å². The lowest BCUT2D eigenvalue weighted by atomic mass is 9.86. The minimum Gasteiger partial charge on any atom is -0.466 e. The standard InChI is InChI=1S/C12H15F2NO2/c1-4-17-11(16)12(2,3)7-8-5-6-9(13)15-10(8)14/h5-6H,4,7H2,1-3H3. The smallest absolute Gasteiger partial charge is 0.311 e. The Kier molecular flexibility index (Phi) is 4.15. The summed E-state index contributed by atoms with van der Waals surface area (Å²) in [6, 6.07) is 2.36. The first kappa shape index (κ1) is 13.5. The number of carbonyl (C=O) groups excluding carboxylic acids is 1. The van der Waals surface area contributed by atoms with E-state index in [0.717, 1.165) is 6.07 Å². The van der Waals surface area contributed by atoms with Crippen molar-refractivity contribution >= 4 is 5.97 Å². The molecule has 0 spiro atoms. The molecule has 94 valence electrons. The molecule has 0 unspecified atom stereocenters. The highest BCUT2D eigenvalue weighted by Crippen LogP contribution is 2.24. The third-order valence-corrected chi connectivity index (χ3v) is 2.35. The van der Waals surface area contributed by atoms with Crippen LogP contribution < -0.4 is 0 Å². The summed E-state index contributed by atoms with van der Waals surface area (Å²) in [7, 11) is 0. The highest BCUT2D eigenvalue weighted by atomic mass is 19.1. The Morgan fingerprint density at radius 1 is 1.41 bits per heavy atom. The van der Waals surface area contributed by atoms with Crippen molar-refractivity contribution in [3.8, 4) is 0 Å². The maximum atomic E-state index is 13.3. The van der Waals surface area contributed by atoms with Crippen molar-refractivity contribution in [2.75, 3.05) is 6.61 Å². The molecule has 0 radical (unpaired) electrons. The van der Waals surface area contributed by atoms with Gasteiger partial charge in [-0.1, -0.05) is 0 Å². The minimum atomic E-state index is -0.887. The van der Waals surface area contributed by atoms with Gasteiger partial charge in [0.2, 0.25) is 11.9 Å². The van der Waals surface area contributed by atoms with Gasteiger partial charge in [0.05, 0.1) is 12.0 Å². The molecule has 17 heavy (non-hydrogen) atoms. The summed E-state index contributed by atoms with van der Waals surface area (Å²) < 4.78 is 30.8. The molecular weight excluding hydrogens is 228 g/mol. The molecule has 1 aromatic rings. The van der Waals surface area contributed by atoms with Crippen molar-refractivity contribution in [2.45, 2.75) is 27.2 Å². The lowest BCUT2D eigenvalue weighted by molar-refractivity contribution is -0.153. The molecule has 5 heteroatoms. The molecular formula is C12H15F2NO2. The Labute approximate surface area is 98.8 Å². The van der Waals surface area contributed by atoms with E-state index < -0.39 is 23.3 Å². The van der Waals surface area contributed by atoms with E-state index >= 15 is 0 Å². The number of rotatable bonds is 4. The topological polar surface area (TPSA) is 39.2 Å². The SMILES string of the molecule is CCOC(=O)C(C)(C)Cc1ccc(F)nc1F. The molecule has 0 aromatic carbocycles. The minimum absolute atomic E-state index is 0.116. The summed E-state index contributed by atoms with van der Waals surface area (Å²) >= 11 is 0. The number of hydrogen-bond donors (Lipinski definition) is 0. The van der Waals surface area contributed by atoms with Crippen molar-refractivity contribution in [1.29, 1.82) is 0 Å². The van der Waals surface area contributed by atoms with Crippen LogP contribution in [0.25, 0.3) is 0 Å². The molecule has 0 aliphatic carbocycles. The largest absolute Gasteiger partial charge is 0.466 e. The average molecular weight is 243 g/mol. The fourth-order valence-electron chi connectivity index (χ4n) is 1.45. The van der Waals surface area contributed by atoms with Crippen LogP contribution in [0, 0.1) is 17.3 Å². The van der Waals surface area contributed by atoms with Gasteiger partial charge in [-0.2, -0.15) is 13.8 Å². The van der Waals surface area contributed by atoms with Crippen LogP contribution in [0.5, 0.6) is 0 Å². The third-order valence-electron chi connectivity index (χ3n) is 2.35. The van der Waals surface area contributed by atoms with E-state index in [9.17, 15) is 13.6 Å². The Hall–Kier alpha value is -1.52. The molecule has 1 heterocycles. The Morgan fingerprint density at radius 2 is 2.06 bits per heavy atom. The lowest BCUT2D eigenvalue weighted by Crippen LogP contribution is -2.29. The summed E-state index contributed by atoms with van der Waals surface area (Å²) in [5.41, 5.74) is -0.666. The first-order chi connectivity index (χ1) is 7.86. The monoisotopic (exact) mass is 243 g/mol. The van der Waals surface area contributed by atoms with Crippen LogP contribution in [0.4, 0.5) is 8.78 Å². The quantitative estimate of drug-likeness (QED) is 0.602. The highest BCUT2D eigenvalue weighted by Gasteiger charge is 2.30. The number of pyridine rings is 1. The van der Waals surface area contributed by atoms with Crippen molar-refractivity contribution in [3.05, 3.63) is 29.6 Å². The van der Waals surface area contributed by atoms with E-state index in [-0.39, 0.29) is 18.6 Å². The zero-order chi connectivity index (χ0) is 13.1. The summed E-state index contributed by atoms with van der Waals surface area (Å²) in [6.45, 7) is 5.27. The van der Waals surface area contributed by atoms with Gasteiger partial charge in [-0.3, -0.25) is 4.79 Å².